The molecule has 1 heterocycles. The maximum Gasteiger partial charge on any atom is 0.155 e. The first-order valence-electron chi connectivity index (χ1n) is 7.65. The van der Waals surface area contributed by atoms with Gasteiger partial charge in [-0.3, -0.25) is 5.10 Å². The van der Waals surface area contributed by atoms with Gasteiger partial charge in [-0.2, -0.15) is 5.10 Å². The normalized spacial score (nSPS) is 19.8. The van der Waals surface area contributed by atoms with Crippen LogP contribution in [0.25, 0.3) is 11.4 Å². The molecule has 2 aromatic carbocycles. The molecule has 110 valence electrons. The van der Waals surface area contributed by atoms with Gasteiger partial charge in [0.25, 0.3) is 0 Å². The zero-order chi connectivity index (χ0) is 14.8. The van der Waals surface area contributed by atoms with E-state index < -0.39 is 0 Å². The van der Waals surface area contributed by atoms with E-state index in [1.54, 1.807) is 0 Å². The largest absolute Gasteiger partial charge is 0.385 e. The predicted molar refractivity (Wildman–Crippen MR) is 87.6 cm³/mol. The fourth-order valence-electron chi connectivity index (χ4n) is 2.95. The van der Waals surface area contributed by atoms with E-state index >= 15 is 0 Å². The van der Waals surface area contributed by atoms with Gasteiger partial charge in [0.2, 0.25) is 0 Å². The molecule has 1 aliphatic carbocycles. The summed E-state index contributed by atoms with van der Waals surface area (Å²) in [5, 5.41) is 10.3. The van der Waals surface area contributed by atoms with Crippen molar-refractivity contribution < 1.29 is 0 Å². The van der Waals surface area contributed by atoms with E-state index in [1.807, 2.05) is 12.1 Å². The van der Waals surface area contributed by atoms with E-state index in [9.17, 15) is 0 Å². The molecule has 0 amide bonds. The summed E-state index contributed by atoms with van der Waals surface area (Å²) in [6, 6.07) is 19.1. The Labute approximate surface area is 129 Å². The highest BCUT2D eigenvalue weighted by molar-refractivity contribution is 5.62. The van der Waals surface area contributed by atoms with Crippen LogP contribution in [0.2, 0.25) is 0 Å². The molecule has 2 N–H and O–H groups in total. The van der Waals surface area contributed by atoms with Crippen molar-refractivity contribution in [1.82, 2.24) is 15.2 Å². The van der Waals surface area contributed by atoms with Gasteiger partial charge in [0.05, 0.1) is 0 Å². The third-order valence-corrected chi connectivity index (χ3v) is 4.27. The van der Waals surface area contributed by atoms with E-state index in [1.165, 1.54) is 18.3 Å². The number of hydrogen-bond acceptors (Lipinski definition) is 3. The van der Waals surface area contributed by atoms with Crippen LogP contribution in [0, 0.1) is 5.92 Å². The SMILES string of the molecule is c1ccc([C@H]2C[C@H]2CNc2cccc(-c3ncn[nH]3)c2)cc1. The second kappa shape index (κ2) is 5.64. The van der Waals surface area contributed by atoms with E-state index in [-0.39, 0.29) is 0 Å². The number of H-pyrrole nitrogens is 1. The predicted octanol–water partition coefficient (Wildman–Crippen LogP) is 3.69. The Morgan fingerprint density at radius 1 is 1.09 bits per heavy atom. The summed E-state index contributed by atoms with van der Waals surface area (Å²) in [6.45, 7) is 1.01. The van der Waals surface area contributed by atoms with E-state index in [2.05, 4.69) is 63.0 Å². The Hall–Kier alpha value is -2.62. The maximum absolute atomic E-state index is 4.19. The van der Waals surface area contributed by atoms with Crippen LogP contribution in [0.3, 0.4) is 0 Å². The molecule has 3 aromatic rings. The number of anilines is 1. The minimum atomic E-state index is 0.714. The van der Waals surface area contributed by atoms with E-state index in [0.29, 0.717) is 5.92 Å². The summed E-state index contributed by atoms with van der Waals surface area (Å²) in [7, 11) is 0. The van der Waals surface area contributed by atoms with Crippen LogP contribution < -0.4 is 5.32 Å². The summed E-state index contributed by atoms with van der Waals surface area (Å²) in [4.78, 5) is 4.19. The lowest BCUT2D eigenvalue weighted by Crippen LogP contribution is -2.04. The van der Waals surface area contributed by atoms with Gasteiger partial charge in [0.1, 0.15) is 6.33 Å². The van der Waals surface area contributed by atoms with Crippen molar-refractivity contribution in [2.45, 2.75) is 12.3 Å². The van der Waals surface area contributed by atoms with Crippen molar-refractivity contribution in [2.24, 2.45) is 5.92 Å². The quantitative estimate of drug-likeness (QED) is 0.753. The van der Waals surface area contributed by atoms with Crippen molar-refractivity contribution in [2.75, 3.05) is 11.9 Å². The maximum atomic E-state index is 4.19. The van der Waals surface area contributed by atoms with E-state index in [4.69, 9.17) is 0 Å². The van der Waals surface area contributed by atoms with Gasteiger partial charge in [-0.25, -0.2) is 4.98 Å². The average Bonchev–Trinajstić information content (AvgIpc) is 3.15. The fourth-order valence-corrected chi connectivity index (χ4v) is 2.95. The van der Waals surface area contributed by atoms with Crippen LogP contribution in [-0.2, 0) is 0 Å². The molecule has 1 saturated carbocycles. The van der Waals surface area contributed by atoms with Crippen LogP contribution in [-0.4, -0.2) is 21.7 Å². The second-order valence-electron chi connectivity index (χ2n) is 5.81. The van der Waals surface area contributed by atoms with Crippen molar-refractivity contribution in [3.63, 3.8) is 0 Å². The molecule has 0 unspecified atom stereocenters. The number of nitrogens with one attached hydrogen (secondary N) is 2. The lowest BCUT2D eigenvalue weighted by molar-refractivity contribution is 0.844. The molecule has 0 aliphatic heterocycles. The number of rotatable bonds is 5. The van der Waals surface area contributed by atoms with Crippen LogP contribution in [0.4, 0.5) is 5.69 Å². The Balaban J connectivity index is 1.38. The van der Waals surface area contributed by atoms with Gasteiger partial charge in [-0.05, 0) is 36.0 Å². The molecular weight excluding hydrogens is 272 g/mol. The Morgan fingerprint density at radius 3 is 2.82 bits per heavy atom. The van der Waals surface area contributed by atoms with Crippen molar-refractivity contribution in [3.05, 3.63) is 66.5 Å². The van der Waals surface area contributed by atoms with Crippen LogP contribution in [0.15, 0.2) is 60.9 Å². The van der Waals surface area contributed by atoms with Gasteiger partial charge in [-0.15, -0.1) is 0 Å². The summed E-state index contributed by atoms with van der Waals surface area (Å²) >= 11 is 0. The third kappa shape index (κ3) is 2.72. The minimum absolute atomic E-state index is 0.714. The van der Waals surface area contributed by atoms with Crippen LogP contribution in [0.5, 0.6) is 0 Å². The highest BCUT2D eigenvalue weighted by Gasteiger charge is 2.37. The molecule has 4 heteroatoms. The fraction of sp³-hybridized carbons (Fsp3) is 0.222. The molecular formula is C18H18N4. The molecule has 22 heavy (non-hydrogen) atoms. The molecule has 0 saturated heterocycles. The molecule has 0 radical (unpaired) electrons. The number of aromatic nitrogens is 3. The third-order valence-electron chi connectivity index (χ3n) is 4.27. The van der Waals surface area contributed by atoms with Crippen molar-refractivity contribution >= 4 is 5.69 Å². The molecule has 0 bridgehead atoms. The first kappa shape index (κ1) is 13.1. The summed E-state index contributed by atoms with van der Waals surface area (Å²) in [6.07, 6.45) is 2.81. The van der Waals surface area contributed by atoms with Gasteiger partial charge in [0, 0.05) is 17.8 Å². The smallest absolute Gasteiger partial charge is 0.155 e. The lowest BCUT2D eigenvalue weighted by Gasteiger charge is -2.07. The Kier molecular flexibility index (Phi) is 3.35. The number of aromatic amines is 1. The Morgan fingerprint density at radius 2 is 2.00 bits per heavy atom. The molecule has 4 nitrogen and oxygen atoms in total. The van der Waals surface area contributed by atoms with E-state index in [0.717, 1.165) is 29.5 Å². The highest BCUT2D eigenvalue weighted by atomic mass is 15.2. The number of nitrogens with zero attached hydrogens (tertiary/aromatic N) is 2. The first-order valence-corrected chi connectivity index (χ1v) is 7.65. The molecule has 2 atom stereocenters. The van der Waals surface area contributed by atoms with Crippen molar-refractivity contribution in [1.29, 1.82) is 0 Å². The second-order valence-corrected chi connectivity index (χ2v) is 5.81. The molecule has 0 spiro atoms. The van der Waals surface area contributed by atoms with Crippen LogP contribution >= 0.6 is 0 Å². The molecule has 1 fully saturated rings. The van der Waals surface area contributed by atoms with Gasteiger partial charge >= 0.3 is 0 Å². The standard InChI is InChI=1S/C18H18N4/c1-2-5-13(6-3-1)17-10-15(17)11-19-16-8-4-7-14(9-16)18-20-12-21-22-18/h1-9,12,15,17,19H,10-11H2,(H,20,21,22)/t15-,17+/m0/s1. The zero-order valence-corrected chi connectivity index (χ0v) is 12.2. The molecule has 1 aromatic heterocycles. The molecule has 1 aliphatic rings. The average molecular weight is 290 g/mol. The molecule has 4 rings (SSSR count). The first-order chi connectivity index (χ1) is 10.9. The number of hydrogen-bond donors (Lipinski definition) is 2. The zero-order valence-electron chi connectivity index (χ0n) is 12.2. The lowest BCUT2D eigenvalue weighted by atomic mass is 10.1. The number of benzene rings is 2. The van der Waals surface area contributed by atoms with Crippen LogP contribution in [0.1, 0.15) is 17.9 Å². The Bertz CT molecular complexity index is 737. The highest BCUT2D eigenvalue weighted by Crippen LogP contribution is 2.47. The van der Waals surface area contributed by atoms with Crippen molar-refractivity contribution in [3.8, 4) is 11.4 Å². The van der Waals surface area contributed by atoms with Gasteiger partial charge in [-0.1, -0.05) is 42.5 Å². The monoisotopic (exact) mass is 290 g/mol. The summed E-state index contributed by atoms with van der Waals surface area (Å²) in [5.41, 5.74) is 3.65. The summed E-state index contributed by atoms with van der Waals surface area (Å²) in [5.74, 6) is 2.25. The van der Waals surface area contributed by atoms with Gasteiger partial charge < -0.3 is 5.32 Å². The summed E-state index contributed by atoms with van der Waals surface area (Å²) < 4.78 is 0. The topological polar surface area (TPSA) is 53.6 Å². The van der Waals surface area contributed by atoms with Gasteiger partial charge in [0.15, 0.2) is 5.82 Å². The minimum Gasteiger partial charge on any atom is -0.385 e.